The Bertz CT molecular complexity index is 1570. The van der Waals surface area contributed by atoms with E-state index in [4.69, 9.17) is 0 Å². The number of H-pyrrole nitrogens is 1. The molecule has 0 saturated carbocycles. The van der Waals surface area contributed by atoms with E-state index in [-0.39, 0.29) is 34.3 Å². The van der Waals surface area contributed by atoms with Crippen molar-refractivity contribution in [2.24, 2.45) is 10.2 Å². The van der Waals surface area contributed by atoms with Crippen LogP contribution in [-0.4, -0.2) is 41.0 Å². The van der Waals surface area contributed by atoms with E-state index in [9.17, 15) is 15.2 Å². The summed E-state index contributed by atoms with van der Waals surface area (Å²) in [6.07, 6.45) is 4.17. The van der Waals surface area contributed by atoms with Gasteiger partial charge in [-0.2, -0.15) is 25.1 Å². The number of hydrogen-bond donors (Lipinski definition) is 3. The fourth-order valence-corrected chi connectivity index (χ4v) is 3.33. The number of pyridine rings is 1. The number of rotatable bonds is 5. The molecule has 0 fully saturated rings. The predicted octanol–water partition coefficient (Wildman–Crippen LogP) is 3.78. The zero-order chi connectivity index (χ0) is 23.5. The summed E-state index contributed by atoms with van der Waals surface area (Å²) in [5.74, 6) is -0.312. The van der Waals surface area contributed by atoms with Gasteiger partial charge in [-0.05, 0) is 29.0 Å². The molecule has 5 rings (SSSR count). The second-order valence-corrected chi connectivity index (χ2v) is 6.92. The molecule has 0 unspecified atom stereocenters. The molecule has 3 aromatic heterocycles. The molecule has 0 aliphatic heterocycles. The van der Waals surface area contributed by atoms with Gasteiger partial charge in [-0.25, -0.2) is 10.1 Å². The van der Waals surface area contributed by atoms with Crippen molar-refractivity contribution < 1.29 is 9.90 Å². The molecule has 1 amide bonds. The van der Waals surface area contributed by atoms with Gasteiger partial charge in [0.2, 0.25) is 5.95 Å². The zero-order valence-electron chi connectivity index (χ0n) is 17.3. The maximum Gasteiger partial charge on any atom is 0.262 e. The molecule has 0 bridgehead atoms. The smallest absolute Gasteiger partial charge is 0.262 e. The molecule has 0 aliphatic carbocycles. The van der Waals surface area contributed by atoms with Gasteiger partial charge in [-0.3, -0.25) is 10.1 Å². The molecule has 164 valence electrons. The molecule has 3 heterocycles. The third kappa shape index (κ3) is 3.69. The average Bonchev–Trinajstić information content (AvgIpc) is 3.52. The van der Waals surface area contributed by atoms with Crippen LogP contribution in [0, 0.1) is 11.3 Å². The maximum atomic E-state index is 13.0. The minimum atomic E-state index is -0.612. The van der Waals surface area contributed by atoms with Crippen LogP contribution in [0.1, 0.15) is 15.9 Å². The van der Waals surface area contributed by atoms with Crippen molar-refractivity contribution in [3.8, 4) is 17.6 Å². The molecule has 2 aromatic carbocycles. The van der Waals surface area contributed by atoms with Crippen molar-refractivity contribution in [2.75, 3.05) is 5.32 Å². The molecular weight excluding hydrogens is 436 g/mol. The Labute approximate surface area is 191 Å². The molecule has 0 spiro atoms. The van der Waals surface area contributed by atoms with Crippen LogP contribution < -0.4 is 5.32 Å². The summed E-state index contributed by atoms with van der Waals surface area (Å²) < 4.78 is 1.36. The second-order valence-electron chi connectivity index (χ2n) is 6.92. The molecule has 34 heavy (non-hydrogen) atoms. The standard InChI is InChI=1S/C22H14N10O2/c23-10-14-11-27-32(17-7-3-4-8-24-17)20(14)30-29-16-9-13-5-1-2-6-15(13)18(19(16)33)21(34)28-22-25-12-26-31-22/h1-9,11-12,33H,(H2,25,26,28,31,34)/b30-29+. The highest BCUT2D eigenvalue weighted by Gasteiger charge is 2.21. The summed E-state index contributed by atoms with van der Waals surface area (Å²) in [4.78, 5) is 21.1. The zero-order valence-corrected chi connectivity index (χ0v) is 17.3. The number of carbonyl (C=O) groups is 1. The first-order chi connectivity index (χ1) is 16.7. The van der Waals surface area contributed by atoms with E-state index in [0.29, 0.717) is 16.6 Å². The maximum absolute atomic E-state index is 13.0. The summed E-state index contributed by atoms with van der Waals surface area (Å²) >= 11 is 0. The van der Waals surface area contributed by atoms with Crippen LogP contribution in [0.15, 0.2) is 77.5 Å². The molecule has 12 heteroatoms. The largest absolute Gasteiger partial charge is 0.505 e. The third-order valence-electron chi connectivity index (χ3n) is 4.86. The van der Waals surface area contributed by atoms with Crippen molar-refractivity contribution in [3.05, 3.63) is 78.4 Å². The van der Waals surface area contributed by atoms with Crippen LogP contribution in [0.25, 0.3) is 16.6 Å². The predicted molar refractivity (Wildman–Crippen MR) is 120 cm³/mol. The van der Waals surface area contributed by atoms with Crippen molar-refractivity contribution in [1.82, 2.24) is 29.9 Å². The molecule has 0 radical (unpaired) electrons. The van der Waals surface area contributed by atoms with E-state index in [1.54, 1.807) is 54.7 Å². The van der Waals surface area contributed by atoms with Crippen LogP contribution in [0.2, 0.25) is 0 Å². The summed E-state index contributed by atoms with van der Waals surface area (Å²) in [5, 5.41) is 42.9. The number of carbonyl (C=O) groups excluding carboxylic acids is 1. The number of fused-ring (bicyclic) bond motifs is 1. The number of aromatic nitrogens is 6. The monoisotopic (exact) mass is 450 g/mol. The van der Waals surface area contributed by atoms with Gasteiger partial charge in [0.1, 0.15) is 23.6 Å². The fraction of sp³-hybridized carbons (Fsp3) is 0. The minimum absolute atomic E-state index is 0.0119. The summed E-state index contributed by atoms with van der Waals surface area (Å²) in [7, 11) is 0. The Morgan fingerprint density at radius 1 is 1.15 bits per heavy atom. The summed E-state index contributed by atoms with van der Waals surface area (Å²) in [6, 6.07) is 15.8. The van der Waals surface area contributed by atoms with Gasteiger partial charge in [-0.1, -0.05) is 30.3 Å². The quantitative estimate of drug-likeness (QED) is 0.342. The number of nitriles is 1. The van der Waals surface area contributed by atoms with Crippen molar-refractivity contribution in [2.45, 2.75) is 0 Å². The molecule has 0 saturated heterocycles. The highest BCUT2D eigenvalue weighted by atomic mass is 16.3. The Morgan fingerprint density at radius 3 is 2.76 bits per heavy atom. The number of phenols is 1. The Balaban J connectivity index is 1.61. The number of nitrogens with zero attached hydrogens (tertiary/aromatic N) is 8. The minimum Gasteiger partial charge on any atom is -0.505 e. The van der Waals surface area contributed by atoms with Gasteiger partial charge in [-0.15, -0.1) is 10.2 Å². The number of benzene rings is 2. The number of aromatic hydroxyl groups is 1. The number of aromatic amines is 1. The van der Waals surface area contributed by atoms with Gasteiger partial charge >= 0.3 is 0 Å². The molecule has 0 aliphatic rings. The SMILES string of the molecule is N#Cc1cnn(-c2ccccn2)c1/N=N/c1cc2ccccc2c(C(=O)Nc2ncn[nH]2)c1O. The van der Waals surface area contributed by atoms with Crippen molar-refractivity contribution >= 4 is 34.1 Å². The van der Waals surface area contributed by atoms with Crippen molar-refractivity contribution in [3.63, 3.8) is 0 Å². The molecule has 5 aromatic rings. The summed E-state index contributed by atoms with van der Waals surface area (Å²) in [5.41, 5.74) is 0.180. The Morgan fingerprint density at radius 2 is 2.00 bits per heavy atom. The number of azo groups is 1. The summed E-state index contributed by atoms with van der Waals surface area (Å²) in [6.45, 7) is 0. The lowest BCUT2D eigenvalue weighted by Gasteiger charge is -2.10. The highest BCUT2D eigenvalue weighted by molar-refractivity contribution is 6.15. The highest BCUT2D eigenvalue weighted by Crippen LogP contribution is 2.38. The van der Waals surface area contributed by atoms with Gasteiger partial charge in [0.25, 0.3) is 5.91 Å². The number of phenolic OH excluding ortho intramolecular Hbond substituents is 1. The van der Waals surface area contributed by atoms with Gasteiger partial charge < -0.3 is 5.11 Å². The first-order valence-electron chi connectivity index (χ1n) is 9.88. The number of nitrogens with one attached hydrogen (secondary N) is 2. The van der Waals surface area contributed by atoms with Crippen LogP contribution >= 0.6 is 0 Å². The molecule has 0 atom stereocenters. The topological polar surface area (TPSA) is 170 Å². The fourth-order valence-electron chi connectivity index (χ4n) is 3.33. The first-order valence-corrected chi connectivity index (χ1v) is 9.88. The van der Waals surface area contributed by atoms with E-state index in [0.717, 1.165) is 0 Å². The van der Waals surface area contributed by atoms with Gasteiger partial charge in [0.15, 0.2) is 17.4 Å². The van der Waals surface area contributed by atoms with E-state index in [1.165, 1.54) is 17.2 Å². The lowest BCUT2D eigenvalue weighted by atomic mass is 10.0. The Hall–Kier alpha value is -5.44. The lowest BCUT2D eigenvalue weighted by Crippen LogP contribution is -2.14. The normalized spacial score (nSPS) is 11.0. The van der Waals surface area contributed by atoms with Crippen molar-refractivity contribution in [1.29, 1.82) is 5.26 Å². The third-order valence-corrected chi connectivity index (χ3v) is 4.86. The van der Waals surface area contributed by atoms with Crippen LogP contribution in [0.4, 0.5) is 17.5 Å². The van der Waals surface area contributed by atoms with E-state index in [2.05, 4.69) is 40.8 Å². The van der Waals surface area contributed by atoms with Crippen LogP contribution in [0.3, 0.4) is 0 Å². The lowest BCUT2D eigenvalue weighted by molar-refractivity contribution is 0.102. The van der Waals surface area contributed by atoms with Gasteiger partial charge in [0.05, 0.1) is 11.8 Å². The Kier molecular flexibility index (Phi) is 5.17. The second kappa shape index (κ2) is 8.60. The number of amides is 1. The van der Waals surface area contributed by atoms with E-state index in [1.807, 2.05) is 6.07 Å². The molecular formula is C22H14N10O2. The number of hydrogen-bond acceptors (Lipinski definition) is 9. The van der Waals surface area contributed by atoms with Crippen LogP contribution in [0.5, 0.6) is 5.75 Å². The van der Waals surface area contributed by atoms with E-state index >= 15 is 0 Å². The number of anilines is 1. The molecule has 12 nitrogen and oxygen atoms in total. The van der Waals surface area contributed by atoms with Crippen LogP contribution in [-0.2, 0) is 0 Å². The first kappa shape index (κ1) is 20.5. The average molecular weight is 450 g/mol. The van der Waals surface area contributed by atoms with Gasteiger partial charge in [0, 0.05) is 6.20 Å². The molecule has 3 N–H and O–H groups in total. The van der Waals surface area contributed by atoms with E-state index < -0.39 is 5.91 Å².